The lowest BCUT2D eigenvalue weighted by Gasteiger charge is -2.29. The van der Waals surface area contributed by atoms with Gasteiger partial charge in [-0.25, -0.2) is 8.78 Å². The van der Waals surface area contributed by atoms with Crippen LogP contribution in [-0.4, -0.2) is 32.1 Å². The zero-order chi connectivity index (χ0) is 7.61. The van der Waals surface area contributed by atoms with Crippen LogP contribution in [0.25, 0.3) is 0 Å². The van der Waals surface area contributed by atoms with Gasteiger partial charge in [0.05, 0.1) is 6.54 Å². The second-order valence-corrected chi connectivity index (χ2v) is 2.68. The maximum absolute atomic E-state index is 12.5. The Kier molecular flexibility index (Phi) is 2.21. The van der Waals surface area contributed by atoms with E-state index in [4.69, 9.17) is 0 Å². The van der Waals surface area contributed by atoms with Crippen molar-refractivity contribution in [2.24, 2.45) is 0 Å². The third-order valence-corrected chi connectivity index (χ3v) is 1.73. The van der Waals surface area contributed by atoms with E-state index < -0.39 is 5.92 Å². The summed E-state index contributed by atoms with van der Waals surface area (Å²) in [7, 11) is 1.70. The van der Waals surface area contributed by atoms with E-state index in [9.17, 15) is 8.78 Å². The Labute approximate surface area is 59.0 Å². The van der Waals surface area contributed by atoms with Crippen LogP contribution < -0.4 is 10.6 Å². The molecule has 1 saturated heterocycles. The first-order valence-corrected chi connectivity index (χ1v) is 3.40. The van der Waals surface area contributed by atoms with Gasteiger partial charge in [-0.05, 0) is 7.05 Å². The fraction of sp³-hybridized carbons (Fsp3) is 1.00. The van der Waals surface area contributed by atoms with Crippen LogP contribution >= 0.6 is 0 Å². The molecule has 0 aromatic rings. The Balaban J connectivity index is 2.40. The quantitative estimate of drug-likeness (QED) is 0.558. The molecule has 1 aliphatic heterocycles. The Morgan fingerprint density at radius 2 is 2.30 bits per heavy atom. The number of rotatable bonds is 1. The molecule has 1 rings (SSSR count). The van der Waals surface area contributed by atoms with Gasteiger partial charge in [-0.1, -0.05) is 0 Å². The average molecular weight is 150 g/mol. The average Bonchev–Trinajstić information content (AvgIpc) is 1.86. The van der Waals surface area contributed by atoms with Gasteiger partial charge >= 0.3 is 0 Å². The fourth-order valence-electron chi connectivity index (χ4n) is 1.14. The second kappa shape index (κ2) is 2.80. The van der Waals surface area contributed by atoms with Crippen LogP contribution in [0.3, 0.4) is 0 Å². The van der Waals surface area contributed by atoms with Crippen LogP contribution in [-0.2, 0) is 0 Å². The zero-order valence-corrected chi connectivity index (χ0v) is 5.95. The molecule has 0 aliphatic carbocycles. The lowest BCUT2D eigenvalue weighted by molar-refractivity contribution is -0.0302. The number of halogens is 2. The molecule has 2 nitrogen and oxygen atoms in total. The molecule has 0 aromatic heterocycles. The van der Waals surface area contributed by atoms with E-state index in [0.717, 1.165) is 0 Å². The lowest BCUT2D eigenvalue weighted by atomic mass is 10.0. The molecule has 1 aliphatic rings. The lowest BCUT2D eigenvalue weighted by Crippen LogP contribution is -2.51. The maximum Gasteiger partial charge on any atom is 0.261 e. The fourth-order valence-corrected chi connectivity index (χ4v) is 1.14. The SMILES string of the molecule is CNC1CNCC(F)(F)C1. The van der Waals surface area contributed by atoms with E-state index in [1.807, 2.05) is 0 Å². The molecule has 0 aromatic carbocycles. The monoisotopic (exact) mass is 150 g/mol. The van der Waals surface area contributed by atoms with Crippen molar-refractivity contribution >= 4 is 0 Å². The minimum atomic E-state index is -2.52. The Morgan fingerprint density at radius 3 is 2.70 bits per heavy atom. The summed E-state index contributed by atoms with van der Waals surface area (Å²) in [5, 5.41) is 5.48. The zero-order valence-electron chi connectivity index (χ0n) is 5.95. The van der Waals surface area contributed by atoms with Gasteiger partial charge in [0.2, 0.25) is 0 Å². The van der Waals surface area contributed by atoms with Crippen molar-refractivity contribution in [3.05, 3.63) is 0 Å². The van der Waals surface area contributed by atoms with Crippen LogP contribution in [0.4, 0.5) is 8.78 Å². The summed E-state index contributed by atoms with van der Waals surface area (Å²) in [6, 6.07) is -0.0799. The molecule has 0 bridgehead atoms. The van der Waals surface area contributed by atoms with Crippen molar-refractivity contribution in [3.63, 3.8) is 0 Å². The molecule has 60 valence electrons. The van der Waals surface area contributed by atoms with Crippen LogP contribution in [0.2, 0.25) is 0 Å². The first-order chi connectivity index (χ1) is 4.64. The van der Waals surface area contributed by atoms with Crippen molar-refractivity contribution < 1.29 is 8.78 Å². The highest BCUT2D eigenvalue weighted by atomic mass is 19.3. The predicted octanol–water partition coefficient (Wildman–Crippen LogP) is 0.203. The Morgan fingerprint density at radius 1 is 1.60 bits per heavy atom. The highest BCUT2D eigenvalue weighted by Crippen LogP contribution is 2.21. The molecule has 1 unspecified atom stereocenters. The molecule has 0 amide bonds. The summed E-state index contributed by atoms with van der Waals surface area (Å²) in [6.45, 7) is 0.470. The van der Waals surface area contributed by atoms with E-state index in [1.165, 1.54) is 0 Å². The van der Waals surface area contributed by atoms with E-state index in [0.29, 0.717) is 6.54 Å². The molecule has 1 heterocycles. The summed E-state index contributed by atoms with van der Waals surface area (Å²) in [5.41, 5.74) is 0. The number of hydrogen-bond donors (Lipinski definition) is 2. The van der Waals surface area contributed by atoms with Crippen molar-refractivity contribution in [1.82, 2.24) is 10.6 Å². The van der Waals surface area contributed by atoms with Crippen molar-refractivity contribution in [3.8, 4) is 0 Å². The molecule has 0 saturated carbocycles. The van der Waals surface area contributed by atoms with Gasteiger partial charge in [0.25, 0.3) is 5.92 Å². The standard InChI is InChI=1S/C6H12F2N2/c1-9-5-2-6(7,8)4-10-3-5/h5,9-10H,2-4H2,1H3. The molecule has 0 spiro atoms. The van der Waals surface area contributed by atoms with Crippen LogP contribution in [0, 0.1) is 0 Å². The van der Waals surface area contributed by atoms with E-state index >= 15 is 0 Å². The van der Waals surface area contributed by atoms with Gasteiger partial charge < -0.3 is 10.6 Å². The van der Waals surface area contributed by atoms with E-state index in [2.05, 4.69) is 10.6 Å². The summed E-state index contributed by atoms with van der Waals surface area (Å²) in [5.74, 6) is -2.52. The van der Waals surface area contributed by atoms with Crippen molar-refractivity contribution in [2.75, 3.05) is 20.1 Å². The largest absolute Gasteiger partial charge is 0.316 e. The van der Waals surface area contributed by atoms with E-state index in [-0.39, 0.29) is 19.0 Å². The highest BCUT2D eigenvalue weighted by molar-refractivity contribution is 4.84. The van der Waals surface area contributed by atoms with Gasteiger partial charge in [-0.3, -0.25) is 0 Å². The molecule has 1 fully saturated rings. The Hall–Kier alpha value is -0.220. The van der Waals surface area contributed by atoms with Gasteiger partial charge in [0.15, 0.2) is 0 Å². The van der Waals surface area contributed by atoms with Crippen LogP contribution in [0.5, 0.6) is 0 Å². The highest BCUT2D eigenvalue weighted by Gasteiger charge is 2.35. The topological polar surface area (TPSA) is 24.1 Å². The number of hydrogen-bond acceptors (Lipinski definition) is 2. The van der Waals surface area contributed by atoms with Crippen molar-refractivity contribution in [1.29, 1.82) is 0 Å². The van der Waals surface area contributed by atoms with E-state index in [1.54, 1.807) is 7.05 Å². The molecule has 4 heteroatoms. The summed E-state index contributed by atoms with van der Waals surface area (Å²) < 4.78 is 25.1. The Bertz CT molecular complexity index is 116. The molecule has 1 atom stereocenters. The molecule has 0 radical (unpaired) electrons. The number of piperidine rings is 1. The first kappa shape index (κ1) is 7.88. The third kappa shape index (κ3) is 1.88. The number of nitrogens with one attached hydrogen (secondary N) is 2. The molecular formula is C6H12F2N2. The summed E-state index contributed by atoms with van der Waals surface area (Å²) in [6.07, 6.45) is -0.0451. The van der Waals surface area contributed by atoms with Gasteiger partial charge in [0, 0.05) is 19.0 Å². The summed E-state index contributed by atoms with van der Waals surface area (Å²) >= 11 is 0. The van der Waals surface area contributed by atoms with Crippen LogP contribution in [0.15, 0.2) is 0 Å². The maximum atomic E-state index is 12.5. The van der Waals surface area contributed by atoms with Gasteiger partial charge in [-0.2, -0.15) is 0 Å². The normalized spacial score (nSPS) is 32.1. The predicted molar refractivity (Wildman–Crippen MR) is 35.3 cm³/mol. The minimum absolute atomic E-state index is 0.0451. The number of alkyl halides is 2. The number of likely N-dealkylation sites (N-methyl/N-ethyl adjacent to an activating group) is 1. The molecular weight excluding hydrogens is 138 g/mol. The molecule has 2 N–H and O–H groups in total. The smallest absolute Gasteiger partial charge is 0.261 e. The first-order valence-electron chi connectivity index (χ1n) is 3.40. The van der Waals surface area contributed by atoms with Crippen molar-refractivity contribution in [2.45, 2.75) is 18.4 Å². The third-order valence-electron chi connectivity index (χ3n) is 1.73. The molecule has 10 heavy (non-hydrogen) atoms. The minimum Gasteiger partial charge on any atom is -0.316 e. The van der Waals surface area contributed by atoms with Gasteiger partial charge in [-0.15, -0.1) is 0 Å². The van der Waals surface area contributed by atoms with Crippen LogP contribution in [0.1, 0.15) is 6.42 Å². The summed E-state index contributed by atoms with van der Waals surface area (Å²) in [4.78, 5) is 0. The second-order valence-electron chi connectivity index (χ2n) is 2.68. The van der Waals surface area contributed by atoms with Gasteiger partial charge in [0.1, 0.15) is 0 Å².